The van der Waals surface area contributed by atoms with Crippen molar-refractivity contribution in [3.8, 4) is 45.5 Å². The minimum Gasteiger partial charge on any atom is -0.497 e. The van der Waals surface area contributed by atoms with Crippen LogP contribution in [0.5, 0.6) is 11.5 Å². The van der Waals surface area contributed by atoms with E-state index < -0.39 is 5.82 Å². The third-order valence-electron chi connectivity index (χ3n) is 7.28. The molecule has 40 heavy (non-hydrogen) atoms. The predicted molar refractivity (Wildman–Crippen MR) is 149 cm³/mol. The molecule has 6 aromatic rings. The van der Waals surface area contributed by atoms with E-state index in [9.17, 15) is 4.39 Å². The number of aromatic nitrogens is 7. The second-order valence-corrected chi connectivity index (χ2v) is 9.97. The summed E-state index contributed by atoms with van der Waals surface area (Å²) in [5.74, 6) is 1.27. The molecule has 5 aromatic heterocycles. The molecule has 0 spiro atoms. The third-order valence-corrected chi connectivity index (χ3v) is 7.28. The molecule has 1 fully saturated rings. The second-order valence-electron chi connectivity index (χ2n) is 9.97. The number of nitrogens with one attached hydrogen (secondary N) is 2. The largest absolute Gasteiger partial charge is 0.497 e. The van der Waals surface area contributed by atoms with Crippen LogP contribution in [0, 0.1) is 5.82 Å². The topological polar surface area (TPSA) is 114 Å². The number of hydrogen-bond donors (Lipinski definition) is 2. The molecule has 0 atom stereocenters. The molecule has 1 aliphatic carbocycles. The highest BCUT2D eigenvalue weighted by molar-refractivity contribution is 5.95. The number of H-pyrrole nitrogens is 2. The van der Waals surface area contributed by atoms with E-state index in [2.05, 4.69) is 25.1 Å². The van der Waals surface area contributed by atoms with Gasteiger partial charge in [-0.1, -0.05) is 6.42 Å². The molecule has 2 N–H and O–H groups in total. The Hall–Kier alpha value is -4.86. The van der Waals surface area contributed by atoms with E-state index in [-0.39, 0.29) is 6.10 Å². The zero-order valence-electron chi connectivity index (χ0n) is 21.8. The van der Waals surface area contributed by atoms with Gasteiger partial charge >= 0.3 is 0 Å². The molecule has 1 aromatic carbocycles. The van der Waals surface area contributed by atoms with E-state index in [1.165, 1.54) is 38.5 Å². The standard InChI is InChI=1S/C30H26FN7O2/c1-39-21-12-17(11-19(31)14-21)26-27-24(9-10-33-26)35-30(36-27)29-28-25(37-38-29)8-7-23(34-28)18-13-22(16-32-15-18)40-20-5-3-2-4-6-20/h7-16,20H,2-6H2,1H3,(H,35,36)(H,37,38). The van der Waals surface area contributed by atoms with Crippen molar-refractivity contribution in [2.45, 2.75) is 38.2 Å². The lowest BCUT2D eigenvalue weighted by atomic mass is 9.98. The molecule has 1 saturated carbocycles. The number of aromatic amines is 2. The summed E-state index contributed by atoms with van der Waals surface area (Å²) in [4.78, 5) is 22.0. The lowest BCUT2D eigenvalue weighted by Gasteiger charge is -2.22. The lowest BCUT2D eigenvalue weighted by molar-refractivity contribution is 0.154. The van der Waals surface area contributed by atoms with Crippen molar-refractivity contribution < 1.29 is 13.9 Å². The second kappa shape index (κ2) is 10.0. The van der Waals surface area contributed by atoms with Crippen LogP contribution < -0.4 is 9.47 Å². The molecular weight excluding hydrogens is 509 g/mol. The van der Waals surface area contributed by atoms with Crippen molar-refractivity contribution in [3.63, 3.8) is 0 Å². The number of imidazole rings is 1. The normalized spacial score (nSPS) is 14.2. The Kier molecular flexibility index (Phi) is 6.07. The van der Waals surface area contributed by atoms with Crippen molar-refractivity contribution >= 4 is 22.1 Å². The zero-order chi connectivity index (χ0) is 27.1. The van der Waals surface area contributed by atoms with Crippen LogP contribution in [0.4, 0.5) is 4.39 Å². The molecular formula is C30H26FN7O2. The summed E-state index contributed by atoms with van der Waals surface area (Å²) in [6.45, 7) is 0. The summed E-state index contributed by atoms with van der Waals surface area (Å²) >= 11 is 0. The van der Waals surface area contributed by atoms with Crippen molar-refractivity contribution in [2.75, 3.05) is 7.11 Å². The average Bonchev–Trinajstić information content (AvgIpc) is 3.61. The number of benzene rings is 1. The zero-order valence-corrected chi connectivity index (χ0v) is 21.8. The van der Waals surface area contributed by atoms with E-state index in [0.717, 1.165) is 40.9 Å². The van der Waals surface area contributed by atoms with E-state index in [4.69, 9.17) is 19.4 Å². The number of pyridine rings is 3. The van der Waals surface area contributed by atoms with Crippen LogP contribution in [-0.2, 0) is 0 Å². The Balaban J connectivity index is 1.26. The predicted octanol–water partition coefficient (Wildman–Crippen LogP) is 6.48. The third kappa shape index (κ3) is 4.51. The molecule has 9 nitrogen and oxygen atoms in total. The van der Waals surface area contributed by atoms with E-state index in [1.54, 1.807) is 24.7 Å². The maximum absolute atomic E-state index is 14.3. The molecule has 7 rings (SSSR count). The van der Waals surface area contributed by atoms with Gasteiger partial charge in [-0.2, -0.15) is 5.10 Å². The Morgan fingerprint density at radius 3 is 2.58 bits per heavy atom. The quantitative estimate of drug-likeness (QED) is 0.251. The van der Waals surface area contributed by atoms with Crippen molar-refractivity contribution in [2.24, 2.45) is 0 Å². The Morgan fingerprint density at radius 1 is 0.850 bits per heavy atom. The maximum atomic E-state index is 14.3. The highest BCUT2D eigenvalue weighted by Gasteiger charge is 2.19. The first-order valence-corrected chi connectivity index (χ1v) is 13.3. The highest BCUT2D eigenvalue weighted by Crippen LogP contribution is 2.33. The van der Waals surface area contributed by atoms with Crippen molar-refractivity contribution in [1.29, 1.82) is 0 Å². The van der Waals surface area contributed by atoms with Gasteiger partial charge in [0.25, 0.3) is 0 Å². The first-order valence-electron chi connectivity index (χ1n) is 13.3. The minimum atomic E-state index is -0.415. The van der Waals surface area contributed by atoms with Gasteiger partial charge in [0.2, 0.25) is 0 Å². The van der Waals surface area contributed by atoms with Crippen LogP contribution in [0.15, 0.2) is 61.1 Å². The number of methoxy groups -OCH3 is 1. The number of nitrogens with zero attached hydrogens (tertiary/aromatic N) is 5. The SMILES string of the molecule is COc1cc(F)cc(-c2nccc3[nH]c(-c4n[nH]c5ccc(-c6cncc(OC7CCCCC7)c6)nc45)nc23)c1. The van der Waals surface area contributed by atoms with Crippen LogP contribution in [0.25, 0.3) is 56.1 Å². The van der Waals surface area contributed by atoms with Gasteiger partial charge in [0.1, 0.15) is 28.3 Å². The first kappa shape index (κ1) is 24.2. The van der Waals surface area contributed by atoms with Gasteiger partial charge in [-0.3, -0.25) is 15.1 Å². The van der Waals surface area contributed by atoms with E-state index >= 15 is 0 Å². The van der Waals surface area contributed by atoms with Crippen LogP contribution in [0.2, 0.25) is 0 Å². The summed E-state index contributed by atoms with van der Waals surface area (Å²) in [5.41, 5.74) is 6.05. The summed E-state index contributed by atoms with van der Waals surface area (Å²) in [5, 5.41) is 7.56. The molecule has 1 aliphatic rings. The molecule has 0 amide bonds. The Morgan fingerprint density at radius 2 is 1.70 bits per heavy atom. The van der Waals surface area contributed by atoms with Crippen LogP contribution >= 0.6 is 0 Å². The fraction of sp³-hybridized carbons (Fsp3) is 0.233. The summed E-state index contributed by atoms with van der Waals surface area (Å²) in [6, 6.07) is 12.2. The molecule has 5 heterocycles. The molecule has 0 bridgehead atoms. The van der Waals surface area contributed by atoms with Gasteiger partial charge in [-0.25, -0.2) is 14.4 Å². The van der Waals surface area contributed by atoms with Gasteiger partial charge < -0.3 is 14.5 Å². The number of halogens is 1. The van der Waals surface area contributed by atoms with E-state index in [1.807, 2.05) is 24.3 Å². The molecule has 200 valence electrons. The molecule has 0 unspecified atom stereocenters. The summed E-state index contributed by atoms with van der Waals surface area (Å²) < 4.78 is 25.7. The summed E-state index contributed by atoms with van der Waals surface area (Å²) in [6.07, 6.45) is 11.3. The van der Waals surface area contributed by atoms with Gasteiger partial charge in [-0.15, -0.1) is 0 Å². The summed E-state index contributed by atoms with van der Waals surface area (Å²) in [7, 11) is 1.50. The van der Waals surface area contributed by atoms with Gasteiger partial charge in [0.15, 0.2) is 11.5 Å². The lowest BCUT2D eigenvalue weighted by Crippen LogP contribution is -2.19. The maximum Gasteiger partial charge on any atom is 0.161 e. The van der Waals surface area contributed by atoms with Crippen LogP contribution in [0.3, 0.4) is 0 Å². The molecule has 0 radical (unpaired) electrons. The van der Waals surface area contributed by atoms with Gasteiger partial charge in [0.05, 0.1) is 41.8 Å². The van der Waals surface area contributed by atoms with Crippen LogP contribution in [-0.4, -0.2) is 48.3 Å². The number of rotatable bonds is 6. The Bertz CT molecular complexity index is 1840. The minimum absolute atomic E-state index is 0.239. The average molecular weight is 536 g/mol. The fourth-order valence-electron chi connectivity index (χ4n) is 5.30. The molecule has 10 heteroatoms. The first-order chi connectivity index (χ1) is 19.6. The fourth-order valence-corrected chi connectivity index (χ4v) is 5.30. The highest BCUT2D eigenvalue weighted by atomic mass is 19.1. The molecule has 0 saturated heterocycles. The van der Waals surface area contributed by atoms with Gasteiger partial charge in [0, 0.05) is 29.6 Å². The van der Waals surface area contributed by atoms with Crippen LogP contribution in [0.1, 0.15) is 32.1 Å². The van der Waals surface area contributed by atoms with E-state index in [0.29, 0.717) is 39.6 Å². The number of fused-ring (bicyclic) bond motifs is 2. The van der Waals surface area contributed by atoms with Gasteiger partial charge in [-0.05, 0) is 62.1 Å². The number of ether oxygens (including phenoxy) is 2. The molecule has 0 aliphatic heterocycles. The van der Waals surface area contributed by atoms with Crippen molar-refractivity contribution in [1.82, 2.24) is 35.1 Å². The number of hydrogen-bond acceptors (Lipinski definition) is 7. The monoisotopic (exact) mass is 535 g/mol. The Labute approximate surface area is 228 Å². The van der Waals surface area contributed by atoms with Crippen molar-refractivity contribution in [3.05, 3.63) is 66.9 Å². The smallest absolute Gasteiger partial charge is 0.161 e.